The predicted octanol–water partition coefficient (Wildman–Crippen LogP) is 3.70. The van der Waals surface area contributed by atoms with Gasteiger partial charge in [-0.15, -0.1) is 11.3 Å². The number of benzene rings is 1. The summed E-state index contributed by atoms with van der Waals surface area (Å²) in [7, 11) is 0. The average Bonchev–Trinajstić information content (AvgIpc) is 3.28. The van der Waals surface area contributed by atoms with Crippen LogP contribution in [0.1, 0.15) is 23.3 Å². The number of nitrogens with one attached hydrogen (secondary N) is 1. The fourth-order valence-corrected chi connectivity index (χ4v) is 3.82. The maximum Gasteiger partial charge on any atom is 0.234 e. The van der Waals surface area contributed by atoms with Gasteiger partial charge in [0.1, 0.15) is 0 Å². The van der Waals surface area contributed by atoms with E-state index in [1.165, 1.54) is 4.88 Å². The number of hydrogen-bond donors (Lipinski definition) is 1. The molecular weight excluding hydrogens is 356 g/mol. The van der Waals surface area contributed by atoms with E-state index in [0.717, 1.165) is 38.1 Å². The Morgan fingerprint density at radius 3 is 2.84 bits per heavy atom. The SMILES string of the molecule is O=C(CN(Cc1cccs1)C[C@H]1CCCO1)NCc1ccc(Cl)cc1. The smallest absolute Gasteiger partial charge is 0.234 e. The van der Waals surface area contributed by atoms with Crippen molar-refractivity contribution in [3.05, 3.63) is 57.2 Å². The standard InChI is InChI=1S/C19H23ClN2O2S/c20-16-7-5-15(6-8-16)11-21-19(23)14-22(12-17-3-1-9-24-17)13-18-4-2-10-25-18/h2,4-8,10,17H,1,3,9,11-14H2,(H,21,23)/t17-/m1/s1. The normalized spacial score (nSPS) is 17.1. The summed E-state index contributed by atoms with van der Waals surface area (Å²) < 4.78 is 5.74. The summed E-state index contributed by atoms with van der Waals surface area (Å²) in [6, 6.07) is 11.7. The summed E-state index contributed by atoms with van der Waals surface area (Å²) in [5.41, 5.74) is 1.04. The molecule has 0 aliphatic carbocycles. The van der Waals surface area contributed by atoms with Crippen molar-refractivity contribution >= 4 is 28.8 Å². The molecule has 1 N–H and O–H groups in total. The van der Waals surface area contributed by atoms with Gasteiger partial charge in [-0.2, -0.15) is 0 Å². The summed E-state index contributed by atoms with van der Waals surface area (Å²) in [4.78, 5) is 15.8. The van der Waals surface area contributed by atoms with E-state index < -0.39 is 0 Å². The lowest BCUT2D eigenvalue weighted by Crippen LogP contribution is -2.40. The van der Waals surface area contributed by atoms with E-state index in [-0.39, 0.29) is 12.0 Å². The Kier molecular flexibility index (Phi) is 6.87. The molecule has 1 amide bonds. The summed E-state index contributed by atoms with van der Waals surface area (Å²) in [6.45, 7) is 3.31. The van der Waals surface area contributed by atoms with Crippen LogP contribution in [-0.4, -0.2) is 36.6 Å². The highest BCUT2D eigenvalue weighted by molar-refractivity contribution is 7.09. The number of ether oxygens (including phenoxy) is 1. The lowest BCUT2D eigenvalue weighted by molar-refractivity contribution is -0.122. The number of rotatable bonds is 8. The molecule has 0 unspecified atom stereocenters. The van der Waals surface area contributed by atoms with Crippen molar-refractivity contribution in [2.24, 2.45) is 0 Å². The Bertz CT molecular complexity index is 655. The molecule has 1 aliphatic rings. The molecule has 1 saturated heterocycles. The molecule has 1 fully saturated rings. The zero-order valence-electron chi connectivity index (χ0n) is 14.1. The van der Waals surface area contributed by atoms with Gasteiger partial charge in [0.15, 0.2) is 0 Å². The summed E-state index contributed by atoms with van der Waals surface area (Å²) >= 11 is 7.61. The maximum absolute atomic E-state index is 12.4. The van der Waals surface area contributed by atoms with Crippen LogP contribution in [0.2, 0.25) is 5.02 Å². The molecule has 1 aliphatic heterocycles. The molecule has 2 heterocycles. The second kappa shape index (κ2) is 9.34. The van der Waals surface area contributed by atoms with Crippen LogP contribution in [0.5, 0.6) is 0 Å². The second-order valence-electron chi connectivity index (χ2n) is 6.29. The molecule has 25 heavy (non-hydrogen) atoms. The van der Waals surface area contributed by atoms with Crippen molar-refractivity contribution in [3.8, 4) is 0 Å². The molecular formula is C19H23ClN2O2S. The first kappa shape index (κ1) is 18.4. The molecule has 0 spiro atoms. The molecule has 0 saturated carbocycles. The summed E-state index contributed by atoms with van der Waals surface area (Å²) in [5, 5.41) is 5.76. The number of carbonyl (C=O) groups is 1. The van der Waals surface area contributed by atoms with Crippen molar-refractivity contribution in [2.45, 2.75) is 32.0 Å². The third kappa shape index (κ3) is 6.12. The minimum absolute atomic E-state index is 0.0319. The lowest BCUT2D eigenvalue weighted by atomic mass is 10.2. The van der Waals surface area contributed by atoms with Crippen LogP contribution >= 0.6 is 22.9 Å². The third-order valence-electron chi connectivity index (χ3n) is 4.22. The molecule has 6 heteroatoms. The highest BCUT2D eigenvalue weighted by atomic mass is 35.5. The minimum Gasteiger partial charge on any atom is -0.377 e. The van der Waals surface area contributed by atoms with Crippen LogP contribution in [0.25, 0.3) is 0 Å². The topological polar surface area (TPSA) is 41.6 Å². The third-order valence-corrected chi connectivity index (χ3v) is 5.33. The number of thiophene rings is 1. The van der Waals surface area contributed by atoms with E-state index in [2.05, 4.69) is 21.7 Å². The number of halogens is 1. The van der Waals surface area contributed by atoms with E-state index in [1.54, 1.807) is 11.3 Å². The fourth-order valence-electron chi connectivity index (χ4n) is 2.95. The average molecular weight is 379 g/mol. The number of carbonyl (C=O) groups excluding carboxylic acids is 1. The monoisotopic (exact) mass is 378 g/mol. The van der Waals surface area contributed by atoms with Crippen molar-refractivity contribution in [1.29, 1.82) is 0 Å². The van der Waals surface area contributed by atoms with Crippen molar-refractivity contribution in [1.82, 2.24) is 10.2 Å². The molecule has 1 aromatic carbocycles. The summed E-state index contributed by atoms with van der Waals surface area (Å²) in [6.07, 6.45) is 2.43. The van der Waals surface area contributed by atoms with Gasteiger partial charge >= 0.3 is 0 Å². The molecule has 3 rings (SSSR count). The van der Waals surface area contributed by atoms with E-state index in [4.69, 9.17) is 16.3 Å². The Morgan fingerprint density at radius 2 is 2.16 bits per heavy atom. The largest absolute Gasteiger partial charge is 0.377 e. The number of nitrogens with zero attached hydrogens (tertiary/aromatic N) is 1. The van der Waals surface area contributed by atoms with Gasteiger partial charge in [-0.05, 0) is 42.0 Å². The van der Waals surface area contributed by atoms with E-state index >= 15 is 0 Å². The van der Waals surface area contributed by atoms with E-state index in [0.29, 0.717) is 18.1 Å². The van der Waals surface area contributed by atoms with Crippen molar-refractivity contribution < 1.29 is 9.53 Å². The van der Waals surface area contributed by atoms with Crippen LogP contribution < -0.4 is 5.32 Å². The molecule has 4 nitrogen and oxygen atoms in total. The zero-order valence-corrected chi connectivity index (χ0v) is 15.7. The van der Waals surface area contributed by atoms with Crippen LogP contribution in [0, 0.1) is 0 Å². The first-order valence-corrected chi connectivity index (χ1v) is 9.82. The maximum atomic E-state index is 12.4. The van der Waals surface area contributed by atoms with Gasteiger partial charge < -0.3 is 10.1 Å². The van der Waals surface area contributed by atoms with Crippen LogP contribution in [0.15, 0.2) is 41.8 Å². The summed E-state index contributed by atoms with van der Waals surface area (Å²) in [5.74, 6) is 0.0319. The van der Waals surface area contributed by atoms with Crippen molar-refractivity contribution in [2.75, 3.05) is 19.7 Å². The highest BCUT2D eigenvalue weighted by Crippen LogP contribution is 2.17. The first-order chi connectivity index (χ1) is 12.2. The number of hydrogen-bond acceptors (Lipinski definition) is 4. The quantitative estimate of drug-likeness (QED) is 0.761. The van der Waals surface area contributed by atoms with Gasteiger partial charge in [-0.3, -0.25) is 9.69 Å². The molecule has 2 aromatic rings. The molecule has 0 bridgehead atoms. The van der Waals surface area contributed by atoms with Gasteiger partial charge in [-0.1, -0.05) is 29.8 Å². The predicted molar refractivity (Wildman–Crippen MR) is 102 cm³/mol. The van der Waals surface area contributed by atoms with Gasteiger partial charge in [0.25, 0.3) is 0 Å². The van der Waals surface area contributed by atoms with Gasteiger partial charge in [0.2, 0.25) is 5.91 Å². The fraction of sp³-hybridized carbons (Fsp3) is 0.421. The molecule has 134 valence electrons. The Hall–Kier alpha value is -1.40. The Labute approximate surface area is 157 Å². The Morgan fingerprint density at radius 1 is 1.32 bits per heavy atom. The number of amides is 1. The van der Waals surface area contributed by atoms with Crippen LogP contribution in [0.3, 0.4) is 0 Å². The van der Waals surface area contributed by atoms with Gasteiger partial charge in [-0.25, -0.2) is 0 Å². The van der Waals surface area contributed by atoms with E-state index in [1.807, 2.05) is 30.3 Å². The second-order valence-corrected chi connectivity index (χ2v) is 7.76. The molecule has 0 radical (unpaired) electrons. The first-order valence-electron chi connectivity index (χ1n) is 8.56. The van der Waals surface area contributed by atoms with E-state index in [9.17, 15) is 4.79 Å². The van der Waals surface area contributed by atoms with Gasteiger partial charge in [0, 0.05) is 36.1 Å². The zero-order chi connectivity index (χ0) is 17.5. The highest BCUT2D eigenvalue weighted by Gasteiger charge is 2.21. The van der Waals surface area contributed by atoms with Crippen molar-refractivity contribution in [3.63, 3.8) is 0 Å². The minimum atomic E-state index is 0.0319. The van der Waals surface area contributed by atoms with Gasteiger partial charge in [0.05, 0.1) is 12.6 Å². The Balaban J connectivity index is 1.52. The van der Waals surface area contributed by atoms with Crippen LogP contribution in [-0.2, 0) is 22.6 Å². The molecule has 1 aromatic heterocycles. The molecule has 1 atom stereocenters. The lowest BCUT2D eigenvalue weighted by Gasteiger charge is -2.24. The van der Waals surface area contributed by atoms with Crippen LogP contribution in [0.4, 0.5) is 0 Å².